The molecule has 0 bridgehead atoms. The van der Waals surface area contributed by atoms with Gasteiger partial charge in [-0.05, 0) is 34.6 Å². The van der Waals surface area contributed by atoms with Crippen LogP contribution in [-0.4, -0.2) is 16.7 Å². The van der Waals surface area contributed by atoms with Gasteiger partial charge in [0.1, 0.15) is 0 Å². The van der Waals surface area contributed by atoms with Crippen molar-refractivity contribution in [2.75, 3.05) is 0 Å². The molecule has 1 aromatic heterocycles. The number of amides is 2. The third-order valence-electron chi connectivity index (χ3n) is 4.68. The number of nitrogens with one attached hydrogen (secondary N) is 1. The van der Waals surface area contributed by atoms with Crippen molar-refractivity contribution in [1.82, 2.24) is 10.2 Å². The van der Waals surface area contributed by atoms with Crippen LogP contribution >= 0.6 is 11.3 Å². The average molecular weight is 369 g/mol. The summed E-state index contributed by atoms with van der Waals surface area (Å²) in [7, 11) is 0. The van der Waals surface area contributed by atoms with Crippen LogP contribution in [0.5, 0.6) is 0 Å². The Hall–Kier alpha value is -2.40. The summed E-state index contributed by atoms with van der Waals surface area (Å²) in [4.78, 5) is 27.7. The largest absolute Gasteiger partial charge is 0.348 e. The molecule has 2 atom stereocenters. The van der Waals surface area contributed by atoms with E-state index in [4.69, 9.17) is 0 Å². The monoisotopic (exact) mass is 368 g/mol. The van der Waals surface area contributed by atoms with Crippen LogP contribution in [0, 0.1) is 5.92 Å². The van der Waals surface area contributed by atoms with Crippen LogP contribution in [0.2, 0.25) is 0 Å². The second-order valence-corrected chi connectivity index (χ2v) is 7.87. The molecular weight excluding hydrogens is 344 g/mol. The summed E-state index contributed by atoms with van der Waals surface area (Å²) in [6, 6.07) is 11.7. The Labute approximate surface area is 158 Å². The van der Waals surface area contributed by atoms with Gasteiger partial charge in [-0.15, -0.1) is 11.3 Å². The summed E-state index contributed by atoms with van der Waals surface area (Å²) in [6.45, 7) is 5.74. The van der Waals surface area contributed by atoms with Crippen molar-refractivity contribution < 1.29 is 9.59 Å². The summed E-state index contributed by atoms with van der Waals surface area (Å²) in [6.07, 6.45) is 3.95. The molecule has 0 aliphatic carbocycles. The Morgan fingerprint density at radius 3 is 2.62 bits per heavy atom. The average Bonchev–Trinajstić information content (AvgIpc) is 3.13. The number of fused-ring (bicyclic) bond motifs is 1. The number of nitrogens with zero attached hydrogens (tertiary/aromatic N) is 1. The van der Waals surface area contributed by atoms with Crippen LogP contribution in [-0.2, 0) is 9.59 Å². The van der Waals surface area contributed by atoms with E-state index in [2.05, 4.69) is 25.2 Å². The summed E-state index contributed by atoms with van der Waals surface area (Å²) in [5, 5.41) is 5.19. The quantitative estimate of drug-likeness (QED) is 0.843. The molecule has 2 amide bonds. The Balaban J connectivity index is 1.80. The van der Waals surface area contributed by atoms with E-state index in [1.54, 1.807) is 22.4 Å². The number of benzene rings is 1. The van der Waals surface area contributed by atoms with E-state index in [0.717, 1.165) is 16.0 Å². The molecule has 0 unspecified atom stereocenters. The molecule has 1 N–H and O–H groups in total. The van der Waals surface area contributed by atoms with Crippen molar-refractivity contribution in [2.24, 2.45) is 5.92 Å². The maximum Gasteiger partial charge on any atom is 0.223 e. The molecule has 26 heavy (non-hydrogen) atoms. The fourth-order valence-corrected chi connectivity index (χ4v) is 4.30. The highest BCUT2D eigenvalue weighted by atomic mass is 32.1. The molecule has 5 heteroatoms. The lowest BCUT2D eigenvalue weighted by molar-refractivity contribution is -0.130. The van der Waals surface area contributed by atoms with Crippen LogP contribution in [0.3, 0.4) is 0 Å². The Morgan fingerprint density at radius 1 is 1.19 bits per heavy atom. The number of carbonyl (C=O) groups excluding carboxylic acids is 2. The molecule has 0 saturated carbocycles. The minimum atomic E-state index is -0.273. The van der Waals surface area contributed by atoms with Crippen LogP contribution in [0.25, 0.3) is 6.08 Å². The summed E-state index contributed by atoms with van der Waals surface area (Å²) < 4.78 is 0. The van der Waals surface area contributed by atoms with Crippen LogP contribution in [0.15, 0.2) is 48.0 Å². The molecule has 0 spiro atoms. The fourth-order valence-electron chi connectivity index (χ4n) is 3.36. The van der Waals surface area contributed by atoms with Crippen molar-refractivity contribution in [3.8, 4) is 0 Å². The molecule has 1 aliphatic rings. The van der Waals surface area contributed by atoms with Gasteiger partial charge in [-0.2, -0.15) is 0 Å². The van der Waals surface area contributed by atoms with Crippen molar-refractivity contribution in [3.05, 3.63) is 64.0 Å². The molecule has 2 aromatic rings. The van der Waals surface area contributed by atoms with Gasteiger partial charge in [0.15, 0.2) is 0 Å². The van der Waals surface area contributed by atoms with Gasteiger partial charge in [0, 0.05) is 18.0 Å². The summed E-state index contributed by atoms with van der Waals surface area (Å²) >= 11 is 1.65. The highest BCUT2D eigenvalue weighted by molar-refractivity contribution is 7.10. The molecule has 4 nitrogen and oxygen atoms in total. The smallest absolute Gasteiger partial charge is 0.223 e. The molecule has 136 valence electrons. The van der Waals surface area contributed by atoms with E-state index >= 15 is 0 Å². The molecule has 1 aliphatic heterocycles. The minimum absolute atomic E-state index is 0.0114. The lowest BCUT2D eigenvalue weighted by atomic mass is 9.93. The zero-order valence-corrected chi connectivity index (χ0v) is 16.1. The van der Waals surface area contributed by atoms with Gasteiger partial charge in [-0.1, -0.05) is 44.2 Å². The molecule has 2 heterocycles. The van der Waals surface area contributed by atoms with Crippen molar-refractivity contribution in [2.45, 2.75) is 39.3 Å². The third-order valence-corrected chi connectivity index (χ3v) is 5.64. The van der Waals surface area contributed by atoms with Gasteiger partial charge >= 0.3 is 0 Å². The predicted octanol–water partition coefficient (Wildman–Crippen LogP) is 4.53. The number of rotatable bonds is 5. The van der Waals surface area contributed by atoms with Gasteiger partial charge in [0.05, 0.1) is 18.5 Å². The van der Waals surface area contributed by atoms with E-state index < -0.39 is 0 Å². The summed E-state index contributed by atoms with van der Waals surface area (Å²) in [5.41, 5.74) is 2.07. The van der Waals surface area contributed by atoms with Gasteiger partial charge in [0.25, 0.3) is 0 Å². The Kier molecular flexibility index (Phi) is 5.57. The van der Waals surface area contributed by atoms with E-state index in [-0.39, 0.29) is 30.3 Å². The highest BCUT2D eigenvalue weighted by Crippen LogP contribution is 2.33. The fraction of sp³-hybridized carbons (Fsp3) is 0.333. The third kappa shape index (κ3) is 3.88. The first kappa shape index (κ1) is 18.4. The molecule has 0 fully saturated rings. The normalized spacial score (nSPS) is 17.1. The number of hydrogen-bond donors (Lipinski definition) is 1. The van der Waals surface area contributed by atoms with Gasteiger partial charge < -0.3 is 10.2 Å². The SMILES string of the molecule is CC(=O)N1C=Cc2ccccc2[C@H]1CC(=O)N[C@H](c1cccs1)C(C)C. The van der Waals surface area contributed by atoms with Crippen molar-refractivity contribution >= 4 is 29.2 Å². The minimum Gasteiger partial charge on any atom is -0.348 e. The van der Waals surface area contributed by atoms with E-state index in [9.17, 15) is 9.59 Å². The Bertz CT molecular complexity index is 811. The van der Waals surface area contributed by atoms with Crippen LogP contribution in [0.1, 0.15) is 55.3 Å². The van der Waals surface area contributed by atoms with Crippen molar-refractivity contribution in [1.29, 1.82) is 0 Å². The van der Waals surface area contributed by atoms with E-state index in [1.165, 1.54) is 6.92 Å². The molecule has 0 radical (unpaired) electrons. The first-order valence-electron chi connectivity index (χ1n) is 8.86. The topological polar surface area (TPSA) is 49.4 Å². The second-order valence-electron chi connectivity index (χ2n) is 6.90. The lowest BCUT2D eigenvalue weighted by Gasteiger charge is -2.33. The maximum atomic E-state index is 12.8. The number of thiophene rings is 1. The predicted molar refractivity (Wildman–Crippen MR) is 105 cm³/mol. The molecule has 0 saturated heterocycles. The highest BCUT2D eigenvalue weighted by Gasteiger charge is 2.29. The van der Waals surface area contributed by atoms with Crippen LogP contribution in [0.4, 0.5) is 0 Å². The van der Waals surface area contributed by atoms with Gasteiger partial charge in [0.2, 0.25) is 11.8 Å². The molecule has 3 rings (SSSR count). The summed E-state index contributed by atoms with van der Waals surface area (Å²) in [5.74, 6) is 0.186. The first-order valence-corrected chi connectivity index (χ1v) is 9.74. The number of hydrogen-bond acceptors (Lipinski definition) is 3. The second kappa shape index (κ2) is 7.87. The van der Waals surface area contributed by atoms with Gasteiger partial charge in [-0.25, -0.2) is 0 Å². The van der Waals surface area contributed by atoms with Crippen molar-refractivity contribution in [3.63, 3.8) is 0 Å². The Morgan fingerprint density at radius 2 is 1.96 bits per heavy atom. The standard InChI is InChI=1S/C21H24N2O2S/c1-14(2)21(19-9-6-12-26-19)22-20(25)13-18-17-8-5-4-7-16(17)10-11-23(18)15(3)24/h4-12,14,18,21H,13H2,1-3H3,(H,22,25)/t18-,21+/m1/s1. The molecule has 1 aromatic carbocycles. The van der Waals surface area contributed by atoms with Gasteiger partial charge in [-0.3, -0.25) is 9.59 Å². The zero-order valence-electron chi connectivity index (χ0n) is 15.3. The zero-order chi connectivity index (χ0) is 18.7. The molecular formula is C21H24N2O2S. The van der Waals surface area contributed by atoms with E-state index in [0.29, 0.717) is 5.92 Å². The van der Waals surface area contributed by atoms with Crippen LogP contribution < -0.4 is 5.32 Å². The number of carbonyl (C=O) groups is 2. The first-order chi connectivity index (χ1) is 12.5. The maximum absolute atomic E-state index is 12.8. The van der Waals surface area contributed by atoms with E-state index in [1.807, 2.05) is 41.8 Å². The lowest BCUT2D eigenvalue weighted by Crippen LogP contribution is -2.37.